The van der Waals surface area contributed by atoms with Crippen LogP contribution in [0.15, 0.2) is 11.6 Å². The van der Waals surface area contributed by atoms with Crippen molar-refractivity contribution in [2.75, 3.05) is 6.61 Å². The maximum Gasteiger partial charge on any atom is 0.309 e. The highest BCUT2D eigenvalue weighted by Crippen LogP contribution is 2.41. The van der Waals surface area contributed by atoms with Gasteiger partial charge in [0.2, 0.25) is 0 Å². The first-order valence-electron chi connectivity index (χ1n) is 4.46. The van der Waals surface area contributed by atoms with Crippen LogP contribution in [0.5, 0.6) is 0 Å². The molecule has 2 unspecified atom stereocenters. The Morgan fingerprint density at radius 3 is 2.75 bits per heavy atom. The molecule has 0 aromatic carbocycles. The highest BCUT2D eigenvalue weighted by atomic mass is 16.5. The van der Waals surface area contributed by atoms with E-state index in [9.17, 15) is 4.79 Å². The van der Waals surface area contributed by atoms with Crippen LogP contribution in [-0.2, 0) is 9.53 Å². The lowest BCUT2D eigenvalue weighted by Gasteiger charge is -1.98. The first kappa shape index (κ1) is 9.30. The number of esters is 1. The van der Waals surface area contributed by atoms with E-state index < -0.39 is 0 Å². The Labute approximate surface area is 73.6 Å². The van der Waals surface area contributed by atoms with Gasteiger partial charge in [0.05, 0.1) is 12.5 Å². The molecule has 1 fully saturated rings. The molecule has 2 atom stereocenters. The molecule has 0 N–H and O–H groups in total. The van der Waals surface area contributed by atoms with Crippen LogP contribution in [0.1, 0.15) is 27.2 Å². The Bertz CT molecular complexity index is 202. The molecule has 1 aliphatic carbocycles. The molecule has 12 heavy (non-hydrogen) atoms. The van der Waals surface area contributed by atoms with Crippen molar-refractivity contribution in [1.82, 2.24) is 0 Å². The monoisotopic (exact) mass is 168 g/mol. The van der Waals surface area contributed by atoms with E-state index >= 15 is 0 Å². The largest absolute Gasteiger partial charge is 0.466 e. The number of hydrogen-bond acceptors (Lipinski definition) is 2. The lowest BCUT2D eigenvalue weighted by atomic mass is 10.2. The van der Waals surface area contributed by atoms with Gasteiger partial charge in [-0.1, -0.05) is 11.6 Å². The average molecular weight is 168 g/mol. The number of carbonyl (C=O) groups is 1. The minimum Gasteiger partial charge on any atom is -0.466 e. The molecule has 1 saturated carbocycles. The molecule has 0 amide bonds. The molecular weight excluding hydrogens is 152 g/mol. The lowest BCUT2D eigenvalue weighted by molar-refractivity contribution is -0.144. The summed E-state index contributed by atoms with van der Waals surface area (Å²) in [5.41, 5.74) is 1.28. The van der Waals surface area contributed by atoms with E-state index in [-0.39, 0.29) is 11.9 Å². The van der Waals surface area contributed by atoms with Crippen molar-refractivity contribution in [1.29, 1.82) is 0 Å². The maximum atomic E-state index is 11.1. The van der Waals surface area contributed by atoms with E-state index in [4.69, 9.17) is 4.74 Å². The van der Waals surface area contributed by atoms with Crippen LogP contribution in [0.25, 0.3) is 0 Å². The third-order valence-electron chi connectivity index (χ3n) is 1.98. The van der Waals surface area contributed by atoms with E-state index in [0.29, 0.717) is 12.5 Å². The summed E-state index contributed by atoms with van der Waals surface area (Å²) in [7, 11) is 0. The molecular formula is C10H16O2. The van der Waals surface area contributed by atoms with Crippen LogP contribution < -0.4 is 0 Å². The van der Waals surface area contributed by atoms with Gasteiger partial charge >= 0.3 is 5.97 Å². The summed E-state index contributed by atoms with van der Waals surface area (Å²) in [4.78, 5) is 11.1. The van der Waals surface area contributed by atoms with Gasteiger partial charge in [-0.3, -0.25) is 4.79 Å². The molecule has 0 radical (unpaired) electrons. The number of ether oxygens (including phenoxy) is 1. The van der Waals surface area contributed by atoms with E-state index in [1.807, 2.05) is 6.92 Å². The van der Waals surface area contributed by atoms with Gasteiger partial charge in [-0.2, -0.15) is 0 Å². The van der Waals surface area contributed by atoms with Crippen molar-refractivity contribution in [2.24, 2.45) is 11.8 Å². The SMILES string of the molecule is CCOC(=O)C1CC1C=C(C)C. The molecule has 0 bridgehead atoms. The summed E-state index contributed by atoms with van der Waals surface area (Å²) in [6.07, 6.45) is 3.13. The predicted octanol–water partition coefficient (Wildman–Crippen LogP) is 2.15. The van der Waals surface area contributed by atoms with Crippen LogP contribution in [0.4, 0.5) is 0 Å². The molecule has 1 aliphatic rings. The lowest BCUT2D eigenvalue weighted by Crippen LogP contribution is -2.06. The summed E-state index contributed by atoms with van der Waals surface area (Å²) in [6, 6.07) is 0. The smallest absolute Gasteiger partial charge is 0.309 e. The predicted molar refractivity (Wildman–Crippen MR) is 47.7 cm³/mol. The second kappa shape index (κ2) is 3.74. The normalized spacial score (nSPS) is 26.2. The Hall–Kier alpha value is -0.790. The molecule has 0 aromatic rings. The fourth-order valence-electron chi connectivity index (χ4n) is 1.35. The maximum absolute atomic E-state index is 11.1. The van der Waals surface area contributed by atoms with Crippen LogP contribution >= 0.6 is 0 Å². The van der Waals surface area contributed by atoms with E-state index in [0.717, 1.165) is 6.42 Å². The van der Waals surface area contributed by atoms with Crippen molar-refractivity contribution in [3.8, 4) is 0 Å². The van der Waals surface area contributed by atoms with E-state index in [1.165, 1.54) is 5.57 Å². The minimum atomic E-state index is -0.0278. The zero-order chi connectivity index (χ0) is 9.14. The van der Waals surface area contributed by atoms with Gasteiger partial charge in [0.15, 0.2) is 0 Å². The van der Waals surface area contributed by atoms with Gasteiger partial charge in [-0.25, -0.2) is 0 Å². The topological polar surface area (TPSA) is 26.3 Å². The fraction of sp³-hybridized carbons (Fsp3) is 0.700. The van der Waals surface area contributed by atoms with Crippen LogP contribution in [0.3, 0.4) is 0 Å². The van der Waals surface area contributed by atoms with Crippen molar-refractivity contribution < 1.29 is 9.53 Å². The molecule has 0 saturated heterocycles. The van der Waals surface area contributed by atoms with Crippen molar-refractivity contribution in [2.45, 2.75) is 27.2 Å². The molecule has 0 aromatic heterocycles. The van der Waals surface area contributed by atoms with Gasteiger partial charge in [-0.15, -0.1) is 0 Å². The van der Waals surface area contributed by atoms with Crippen molar-refractivity contribution >= 4 is 5.97 Å². The number of carbonyl (C=O) groups excluding carboxylic acids is 1. The third-order valence-corrected chi connectivity index (χ3v) is 1.98. The minimum absolute atomic E-state index is 0.0278. The zero-order valence-corrected chi connectivity index (χ0v) is 7.96. The molecule has 0 heterocycles. The quantitative estimate of drug-likeness (QED) is 0.477. The van der Waals surface area contributed by atoms with Gasteiger partial charge in [0.25, 0.3) is 0 Å². The summed E-state index contributed by atoms with van der Waals surface area (Å²) < 4.78 is 4.91. The van der Waals surface area contributed by atoms with E-state index in [1.54, 1.807) is 0 Å². The number of hydrogen-bond donors (Lipinski definition) is 0. The Kier molecular flexibility index (Phi) is 2.90. The second-order valence-electron chi connectivity index (χ2n) is 3.50. The Balaban J connectivity index is 2.32. The fourth-order valence-corrected chi connectivity index (χ4v) is 1.35. The molecule has 68 valence electrons. The highest BCUT2D eigenvalue weighted by Gasteiger charge is 2.42. The summed E-state index contributed by atoms with van der Waals surface area (Å²) in [5.74, 6) is 0.578. The van der Waals surface area contributed by atoms with Gasteiger partial charge in [-0.05, 0) is 33.1 Å². The van der Waals surface area contributed by atoms with Gasteiger partial charge in [0, 0.05) is 0 Å². The van der Waals surface area contributed by atoms with Crippen molar-refractivity contribution in [3.63, 3.8) is 0 Å². The Morgan fingerprint density at radius 2 is 2.25 bits per heavy atom. The molecule has 2 heteroatoms. The first-order chi connectivity index (χ1) is 5.65. The summed E-state index contributed by atoms with van der Waals surface area (Å²) in [6.45, 7) is 6.45. The van der Waals surface area contributed by atoms with E-state index in [2.05, 4.69) is 19.9 Å². The molecule has 2 nitrogen and oxygen atoms in total. The standard InChI is InChI=1S/C10H16O2/c1-4-12-10(11)9-6-8(9)5-7(2)3/h5,8-9H,4,6H2,1-3H3. The molecule has 1 rings (SSSR count). The number of allylic oxidation sites excluding steroid dienone is 2. The highest BCUT2D eigenvalue weighted by molar-refractivity contribution is 5.76. The van der Waals surface area contributed by atoms with Crippen molar-refractivity contribution in [3.05, 3.63) is 11.6 Å². The second-order valence-corrected chi connectivity index (χ2v) is 3.50. The third kappa shape index (κ3) is 2.36. The molecule has 0 aliphatic heterocycles. The first-order valence-corrected chi connectivity index (χ1v) is 4.46. The Morgan fingerprint density at radius 1 is 1.58 bits per heavy atom. The summed E-state index contributed by atoms with van der Waals surface area (Å²) in [5, 5.41) is 0. The average Bonchev–Trinajstić information content (AvgIpc) is 2.67. The van der Waals surface area contributed by atoms with Crippen LogP contribution in [0, 0.1) is 11.8 Å². The zero-order valence-electron chi connectivity index (χ0n) is 7.96. The van der Waals surface area contributed by atoms with Crippen LogP contribution in [0.2, 0.25) is 0 Å². The summed E-state index contributed by atoms with van der Waals surface area (Å²) >= 11 is 0. The number of rotatable bonds is 3. The van der Waals surface area contributed by atoms with Crippen LogP contribution in [-0.4, -0.2) is 12.6 Å². The van der Waals surface area contributed by atoms with Gasteiger partial charge < -0.3 is 4.74 Å². The van der Waals surface area contributed by atoms with Gasteiger partial charge in [0.1, 0.15) is 0 Å². The molecule has 0 spiro atoms.